The van der Waals surface area contributed by atoms with Crippen molar-refractivity contribution in [1.82, 2.24) is 0 Å². The summed E-state index contributed by atoms with van der Waals surface area (Å²) in [6, 6.07) is 11.9. The summed E-state index contributed by atoms with van der Waals surface area (Å²) < 4.78 is 5.70. The SMILES string of the molecule is NCc1cccc(Cl)c1Oc1ccc(C(N)=O)cc1. The number of primary amides is 1. The molecule has 0 fully saturated rings. The number of hydrogen-bond acceptors (Lipinski definition) is 3. The molecule has 4 nitrogen and oxygen atoms in total. The Balaban J connectivity index is 2.28. The van der Waals surface area contributed by atoms with E-state index in [1.54, 1.807) is 30.3 Å². The smallest absolute Gasteiger partial charge is 0.248 e. The van der Waals surface area contributed by atoms with Gasteiger partial charge in [0.15, 0.2) is 0 Å². The van der Waals surface area contributed by atoms with Crippen molar-refractivity contribution in [3.05, 3.63) is 58.6 Å². The third-order valence-corrected chi connectivity index (χ3v) is 2.92. The zero-order chi connectivity index (χ0) is 13.8. The lowest BCUT2D eigenvalue weighted by atomic mass is 10.2. The largest absolute Gasteiger partial charge is 0.455 e. The average molecular weight is 277 g/mol. The van der Waals surface area contributed by atoms with Crippen LogP contribution in [-0.2, 0) is 6.54 Å². The van der Waals surface area contributed by atoms with Gasteiger partial charge in [-0.3, -0.25) is 4.79 Å². The summed E-state index contributed by atoms with van der Waals surface area (Å²) in [5.74, 6) is 0.609. The fourth-order valence-electron chi connectivity index (χ4n) is 1.63. The molecule has 4 N–H and O–H groups in total. The molecule has 5 heteroatoms. The predicted octanol–water partition coefficient (Wildman–Crippen LogP) is 2.69. The number of amides is 1. The molecule has 0 aliphatic carbocycles. The maximum atomic E-state index is 11.0. The Kier molecular flexibility index (Phi) is 4.04. The van der Waals surface area contributed by atoms with Crippen molar-refractivity contribution in [2.75, 3.05) is 0 Å². The molecule has 1 amide bonds. The first kappa shape index (κ1) is 13.4. The quantitative estimate of drug-likeness (QED) is 0.901. The summed E-state index contributed by atoms with van der Waals surface area (Å²) in [5, 5.41) is 0.488. The molecule has 0 bridgehead atoms. The summed E-state index contributed by atoms with van der Waals surface area (Å²) in [5.41, 5.74) is 12.0. The number of nitrogens with two attached hydrogens (primary N) is 2. The maximum absolute atomic E-state index is 11.0. The summed E-state index contributed by atoms with van der Waals surface area (Å²) in [6.45, 7) is 0.329. The Morgan fingerprint density at radius 3 is 2.42 bits per heavy atom. The molecule has 0 unspecified atom stereocenters. The zero-order valence-corrected chi connectivity index (χ0v) is 10.9. The van der Waals surface area contributed by atoms with Crippen molar-refractivity contribution in [3.63, 3.8) is 0 Å². The number of ether oxygens (including phenoxy) is 1. The van der Waals surface area contributed by atoms with Gasteiger partial charge < -0.3 is 16.2 Å². The molecule has 2 aromatic rings. The van der Waals surface area contributed by atoms with Crippen LogP contribution in [0.4, 0.5) is 0 Å². The zero-order valence-electron chi connectivity index (χ0n) is 10.1. The topological polar surface area (TPSA) is 78.3 Å². The third-order valence-electron chi connectivity index (χ3n) is 2.63. The lowest BCUT2D eigenvalue weighted by Crippen LogP contribution is -2.10. The van der Waals surface area contributed by atoms with E-state index >= 15 is 0 Å². The maximum Gasteiger partial charge on any atom is 0.248 e. The minimum Gasteiger partial charge on any atom is -0.455 e. The van der Waals surface area contributed by atoms with Crippen LogP contribution in [0, 0.1) is 0 Å². The summed E-state index contributed by atoms with van der Waals surface area (Å²) in [7, 11) is 0. The van der Waals surface area contributed by atoms with Gasteiger partial charge in [-0.2, -0.15) is 0 Å². The first-order valence-corrected chi connectivity index (χ1v) is 6.05. The molecule has 98 valence electrons. The van der Waals surface area contributed by atoms with Gasteiger partial charge in [0.25, 0.3) is 0 Å². The second-order valence-electron chi connectivity index (χ2n) is 3.92. The van der Waals surface area contributed by atoms with Crippen LogP contribution in [0.1, 0.15) is 15.9 Å². The third kappa shape index (κ3) is 3.05. The van der Waals surface area contributed by atoms with Crippen LogP contribution in [0.15, 0.2) is 42.5 Å². The van der Waals surface area contributed by atoms with Gasteiger partial charge in [-0.15, -0.1) is 0 Å². The molecular formula is C14H13ClN2O2. The van der Waals surface area contributed by atoms with Crippen molar-refractivity contribution in [3.8, 4) is 11.5 Å². The second kappa shape index (κ2) is 5.73. The number of benzene rings is 2. The van der Waals surface area contributed by atoms with Gasteiger partial charge in [-0.25, -0.2) is 0 Å². The standard InChI is InChI=1S/C14H13ClN2O2/c15-12-3-1-2-10(8-16)13(12)19-11-6-4-9(5-7-11)14(17)18/h1-7H,8,16H2,(H2,17,18). The van der Waals surface area contributed by atoms with Crippen LogP contribution in [-0.4, -0.2) is 5.91 Å². The number of rotatable bonds is 4. The molecule has 0 aromatic heterocycles. The highest BCUT2D eigenvalue weighted by atomic mass is 35.5. The Morgan fingerprint density at radius 2 is 1.84 bits per heavy atom. The number of carbonyl (C=O) groups excluding carboxylic acids is 1. The van der Waals surface area contributed by atoms with E-state index in [-0.39, 0.29) is 0 Å². The van der Waals surface area contributed by atoms with Crippen LogP contribution in [0.5, 0.6) is 11.5 Å². The van der Waals surface area contributed by atoms with Crippen LogP contribution in [0.3, 0.4) is 0 Å². The van der Waals surface area contributed by atoms with E-state index < -0.39 is 5.91 Å². The number of halogens is 1. The molecule has 0 atom stereocenters. The molecule has 0 saturated carbocycles. The molecular weight excluding hydrogens is 264 g/mol. The molecule has 0 aliphatic rings. The van der Waals surface area contributed by atoms with Crippen molar-refractivity contribution >= 4 is 17.5 Å². The Morgan fingerprint density at radius 1 is 1.16 bits per heavy atom. The molecule has 2 aromatic carbocycles. The van der Waals surface area contributed by atoms with Gasteiger partial charge in [-0.1, -0.05) is 23.7 Å². The first-order valence-electron chi connectivity index (χ1n) is 5.67. The van der Waals surface area contributed by atoms with Gasteiger partial charge in [0.1, 0.15) is 11.5 Å². The van der Waals surface area contributed by atoms with E-state index in [2.05, 4.69) is 0 Å². The van der Waals surface area contributed by atoms with Crippen LogP contribution in [0.2, 0.25) is 5.02 Å². The van der Waals surface area contributed by atoms with Crippen molar-refractivity contribution in [1.29, 1.82) is 0 Å². The average Bonchev–Trinajstić information content (AvgIpc) is 2.41. The van der Waals surface area contributed by atoms with Gasteiger partial charge in [-0.05, 0) is 30.3 Å². The molecule has 0 heterocycles. The van der Waals surface area contributed by atoms with Crippen LogP contribution in [0.25, 0.3) is 0 Å². The van der Waals surface area contributed by atoms with E-state index in [0.29, 0.717) is 28.6 Å². The monoisotopic (exact) mass is 276 g/mol. The summed E-state index contributed by atoms with van der Waals surface area (Å²) in [4.78, 5) is 11.0. The van der Waals surface area contributed by atoms with E-state index in [1.807, 2.05) is 12.1 Å². The lowest BCUT2D eigenvalue weighted by Gasteiger charge is -2.11. The van der Waals surface area contributed by atoms with Crippen LogP contribution >= 0.6 is 11.6 Å². The highest BCUT2D eigenvalue weighted by Crippen LogP contribution is 2.32. The van der Waals surface area contributed by atoms with Crippen molar-refractivity contribution in [2.24, 2.45) is 11.5 Å². The van der Waals surface area contributed by atoms with Gasteiger partial charge in [0.2, 0.25) is 5.91 Å². The number of para-hydroxylation sites is 1. The summed E-state index contributed by atoms with van der Waals surface area (Å²) in [6.07, 6.45) is 0. The highest BCUT2D eigenvalue weighted by molar-refractivity contribution is 6.32. The molecule has 0 aliphatic heterocycles. The van der Waals surface area contributed by atoms with E-state index in [9.17, 15) is 4.79 Å². The van der Waals surface area contributed by atoms with Crippen molar-refractivity contribution < 1.29 is 9.53 Å². The normalized spacial score (nSPS) is 10.2. The molecule has 2 rings (SSSR count). The lowest BCUT2D eigenvalue weighted by molar-refractivity contribution is 0.100. The molecule has 0 radical (unpaired) electrons. The highest BCUT2D eigenvalue weighted by Gasteiger charge is 2.09. The van der Waals surface area contributed by atoms with Gasteiger partial charge in [0, 0.05) is 17.7 Å². The Labute approximate surface area is 115 Å². The fourth-order valence-corrected chi connectivity index (χ4v) is 1.87. The predicted molar refractivity (Wildman–Crippen MR) is 74.4 cm³/mol. The van der Waals surface area contributed by atoms with E-state index in [0.717, 1.165) is 5.56 Å². The minimum absolute atomic E-state index is 0.329. The van der Waals surface area contributed by atoms with Crippen molar-refractivity contribution in [2.45, 2.75) is 6.54 Å². The first-order chi connectivity index (χ1) is 9.11. The number of carbonyl (C=O) groups is 1. The molecule has 19 heavy (non-hydrogen) atoms. The van der Waals surface area contributed by atoms with Gasteiger partial charge in [0.05, 0.1) is 5.02 Å². The van der Waals surface area contributed by atoms with E-state index in [1.165, 1.54) is 0 Å². The Hall–Kier alpha value is -2.04. The molecule has 0 spiro atoms. The van der Waals surface area contributed by atoms with E-state index in [4.69, 9.17) is 27.8 Å². The number of hydrogen-bond donors (Lipinski definition) is 2. The summed E-state index contributed by atoms with van der Waals surface area (Å²) >= 11 is 6.09. The van der Waals surface area contributed by atoms with Gasteiger partial charge >= 0.3 is 0 Å². The van der Waals surface area contributed by atoms with Crippen LogP contribution < -0.4 is 16.2 Å². The fraction of sp³-hybridized carbons (Fsp3) is 0.0714. The Bertz CT molecular complexity index is 597. The molecule has 0 saturated heterocycles. The second-order valence-corrected chi connectivity index (χ2v) is 4.33. The minimum atomic E-state index is -0.480.